The summed E-state index contributed by atoms with van der Waals surface area (Å²) in [6.07, 6.45) is -0.347. The molecule has 0 radical (unpaired) electrons. The predicted molar refractivity (Wildman–Crippen MR) is 56.2 cm³/mol. The van der Waals surface area contributed by atoms with Gasteiger partial charge in [-0.05, 0) is 6.07 Å². The topological polar surface area (TPSA) is 69.6 Å². The zero-order valence-electron chi connectivity index (χ0n) is 8.99. The lowest BCUT2D eigenvalue weighted by atomic mass is 10.1. The third-order valence-corrected chi connectivity index (χ3v) is 2.19. The number of hydrogen-bond acceptors (Lipinski definition) is 3. The van der Waals surface area contributed by atoms with Crippen LogP contribution in [0.25, 0.3) is 0 Å². The van der Waals surface area contributed by atoms with Crippen molar-refractivity contribution in [3.05, 3.63) is 35.4 Å². The number of rotatable bonds is 5. The van der Waals surface area contributed by atoms with E-state index in [1.807, 2.05) is 0 Å². The van der Waals surface area contributed by atoms with Gasteiger partial charge in [0.1, 0.15) is 0 Å². The van der Waals surface area contributed by atoms with Crippen molar-refractivity contribution in [2.75, 3.05) is 13.2 Å². The van der Waals surface area contributed by atoms with Gasteiger partial charge in [0.05, 0.1) is 25.7 Å². The minimum atomic E-state index is -1.06. The first-order chi connectivity index (χ1) is 8.08. The summed E-state index contributed by atoms with van der Waals surface area (Å²) >= 11 is 0. The average Bonchev–Trinajstić information content (AvgIpc) is 2.32. The minimum absolute atomic E-state index is 0.0721. The number of aliphatic hydroxyl groups is 2. The van der Waals surface area contributed by atoms with E-state index >= 15 is 0 Å². The number of aliphatic hydroxyl groups excluding tert-OH is 2. The maximum Gasteiger partial charge on any atom is 0.224 e. The lowest BCUT2D eigenvalue weighted by Crippen LogP contribution is -2.40. The summed E-state index contributed by atoms with van der Waals surface area (Å²) in [6, 6.07) is 2.77. The maximum absolute atomic E-state index is 13.2. The normalized spacial score (nSPS) is 10.6. The van der Waals surface area contributed by atoms with Crippen LogP contribution < -0.4 is 5.32 Å². The average molecular weight is 245 g/mol. The van der Waals surface area contributed by atoms with Crippen LogP contribution in [0.3, 0.4) is 0 Å². The summed E-state index contributed by atoms with van der Waals surface area (Å²) < 4.78 is 26.0. The molecule has 1 rings (SSSR count). The maximum atomic E-state index is 13.2. The van der Waals surface area contributed by atoms with Crippen molar-refractivity contribution in [3.63, 3.8) is 0 Å². The molecule has 0 heterocycles. The van der Waals surface area contributed by atoms with Crippen LogP contribution in [0.15, 0.2) is 18.2 Å². The zero-order valence-corrected chi connectivity index (χ0v) is 8.99. The molecule has 3 N–H and O–H groups in total. The van der Waals surface area contributed by atoms with Crippen LogP contribution in [0.1, 0.15) is 5.56 Å². The van der Waals surface area contributed by atoms with E-state index in [0.29, 0.717) is 0 Å². The van der Waals surface area contributed by atoms with E-state index in [2.05, 4.69) is 5.32 Å². The summed E-state index contributed by atoms with van der Waals surface area (Å²) in [4.78, 5) is 11.4. The Balaban J connectivity index is 2.65. The first kappa shape index (κ1) is 13.5. The van der Waals surface area contributed by atoms with Gasteiger partial charge in [0.2, 0.25) is 5.91 Å². The second kappa shape index (κ2) is 6.27. The molecule has 1 aromatic rings. The molecule has 0 fully saturated rings. The van der Waals surface area contributed by atoms with Crippen LogP contribution in [-0.2, 0) is 11.2 Å². The highest BCUT2D eigenvalue weighted by atomic mass is 19.2. The highest BCUT2D eigenvalue weighted by Gasteiger charge is 2.14. The van der Waals surface area contributed by atoms with Gasteiger partial charge in [0, 0.05) is 5.56 Å². The van der Waals surface area contributed by atoms with Gasteiger partial charge >= 0.3 is 0 Å². The number of halogens is 2. The molecule has 0 atom stereocenters. The number of carbonyl (C=O) groups is 1. The number of nitrogens with one attached hydrogen (secondary N) is 1. The second-order valence-corrected chi connectivity index (χ2v) is 3.52. The Morgan fingerprint density at radius 3 is 2.53 bits per heavy atom. The molecule has 0 aromatic heterocycles. The molecular weight excluding hydrogens is 232 g/mol. The zero-order chi connectivity index (χ0) is 12.8. The van der Waals surface area contributed by atoms with Crippen molar-refractivity contribution in [3.8, 4) is 0 Å². The lowest BCUT2D eigenvalue weighted by Gasteiger charge is -2.13. The van der Waals surface area contributed by atoms with Crippen molar-refractivity contribution in [1.29, 1.82) is 0 Å². The highest BCUT2D eigenvalue weighted by Crippen LogP contribution is 2.11. The van der Waals surface area contributed by atoms with Gasteiger partial charge in [0.15, 0.2) is 11.6 Å². The SMILES string of the molecule is O=C(Cc1cccc(F)c1F)NC(CO)CO. The summed E-state index contributed by atoms with van der Waals surface area (Å²) in [5.41, 5.74) is -0.0721. The Hall–Kier alpha value is -1.53. The molecule has 0 aliphatic rings. The summed E-state index contributed by atoms with van der Waals surface area (Å²) in [5, 5.41) is 19.7. The molecule has 0 saturated heterocycles. The molecule has 0 aliphatic heterocycles. The molecule has 0 spiro atoms. The molecule has 1 aromatic carbocycles. The Morgan fingerprint density at radius 1 is 1.29 bits per heavy atom. The first-order valence-corrected chi connectivity index (χ1v) is 5.02. The van der Waals surface area contributed by atoms with Crippen LogP contribution in [0.2, 0.25) is 0 Å². The third-order valence-electron chi connectivity index (χ3n) is 2.19. The van der Waals surface area contributed by atoms with E-state index in [1.165, 1.54) is 12.1 Å². The predicted octanol–water partition coefficient (Wildman–Crippen LogP) is -0.0233. The van der Waals surface area contributed by atoms with E-state index in [0.717, 1.165) is 6.07 Å². The monoisotopic (exact) mass is 245 g/mol. The van der Waals surface area contributed by atoms with Gasteiger partial charge in [-0.2, -0.15) is 0 Å². The lowest BCUT2D eigenvalue weighted by molar-refractivity contribution is -0.121. The van der Waals surface area contributed by atoms with Gasteiger partial charge in [-0.3, -0.25) is 4.79 Å². The molecule has 17 heavy (non-hydrogen) atoms. The number of amides is 1. The summed E-state index contributed by atoms with van der Waals surface area (Å²) in [5.74, 6) is -2.68. The highest BCUT2D eigenvalue weighted by molar-refractivity contribution is 5.78. The van der Waals surface area contributed by atoms with Crippen LogP contribution in [0.4, 0.5) is 8.78 Å². The smallest absolute Gasteiger partial charge is 0.224 e. The van der Waals surface area contributed by atoms with Crippen molar-refractivity contribution in [1.82, 2.24) is 5.32 Å². The van der Waals surface area contributed by atoms with E-state index in [4.69, 9.17) is 10.2 Å². The number of benzene rings is 1. The fraction of sp³-hybridized carbons (Fsp3) is 0.364. The van der Waals surface area contributed by atoms with E-state index in [-0.39, 0.29) is 12.0 Å². The van der Waals surface area contributed by atoms with Crippen LogP contribution in [-0.4, -0.2) is 35.4 Å². The van der Waals surface area contributed by atoms with E-state index in [1.54, 1.807) is 0 Å². The van der Waals surface area contributed by atoms with Gasteiger partial charge in [0.25, 0.3) is 0 Å². The molecular formula is C11H13F2NO3. The molecule has 0 saturated carbocycles. The van der Waals surface area contributed by atoms with Gasteiger partial charge < -0.3 is 15.5 Å². The van der Waals surface area contributed by atoms with Crippen LogP contribution in [0, 0.1) is 11.6 Å². The van der Waals surface area contributed by atoms with Gasteiger partial charge in [-0.1, -0.05) is 12.1 Å². The fourth-order valence-electron chi connectivity index (χ4n) is 1.29. The Morgan fingerprint density at radius 2 is 1.94 bits per heavy atom. The van der Waals surface area contributed by atoms with Crippen molar-refractivity contribution < 1.29 is 23.8 Å². The Bertz CT molecular complexity index is 394. The van der Waals surface area contributed by atoms with Crippen molar-refractivity contribution >= 4 is 5.91 Å². The quantitative estimate of drug-likeness (QED) is 0.682. The van der Waals surface area contributed by atoms with Crippen LogP contribution >= 0.6 is 0 Å². The second-order valence-electron chi connectivity index (χ2n) is 3.52. The van der Waals surface area contributed by atoms with Crippen molar-refractivity contribution in [2.24, 2.45) is 0 Å². The first-order valence-electron chi connectivity index (χ1n) is 5.02. The largest absolute Gasteiger partial charge is 0.394 e. The summed E-state index contributed by atoms with van der Waals surface area (Å²) in [7, 11) is 0. The molecule has 94 valence electrons. The van der Waals surface area contributed by atoms with E-state index in [9.17, 15) is 13.6 Å². The molecule has 4 nitrogen and oxygen atoms in total. The van der Waals surface area contributed by atoms with Gasteiger partial charge in [-0.15, -0.1) is 0 Å². The standard InChI is InChI=1S/C11H13F2NO3/c12-9-3-1-2-7(11(9)13)4-10(17)14-8(5-15)6-16/h1-3,8,15-16H,4-6H2,(H,14,17). The molecule has 0 aliphatic carbocycles. The Labute approximate surface area is 96.9 Å². The van der Waals surface area contributed by atoms with Crippen molar-refractivity contribution in [2.45, 2.75) is 12.5 Å². The molecule has 1 amide bonds. The number of carbonyl (C=O) groups excluding carboxylic acids is 1. The van der Waals surface area contributed by atoms with E-state index < -0.39 is 36.8 Å². The summed E-state index contributed by atoms with van der Waals surface area (Å²) in [6.45, 7) is -0.845. The Kier molecular flexibility index (Phi) is 4.99. The molecule has 6 heteroatoms. The number of hydrogen-bond donors (Lipinski definition) is 3. The van der Waals surface area contributed by atoms with Gasteiger partial charge in [-0.25, -0.2) is 8.78 Å². The van der Waals surface area contributed by atoms with Crippen LogP contribution in [0.5, 0.6) is 0 Å². The minimum Gasteiger partial charge on any atom is -0.394 e. The molecule has 0 bridgehead atoms. The fourth-order valence-corrected chi connectivity index (χ4v) is 1.29. The third kappa shape index (κ3) is 3.76. The molecule has 0 unspecified atom stereocenters.